The van der Waals surface area contributed by atoms with Gasteiger partial charge >= 0.3 is 0 Å². The van der Waals surface area contributed by atoms with Crippen molar-refractivity contribution in [2.75, 3.05) is 7.05 Å². The van der Waals surface area contributed by atoms with Crippen LogP contribution in [0.2, 0.25) is 0 Å². The van der Waals surface area contributed by atoms with Gasteiger partial charge < -0.3 is 5.32 Å². The Hall–Kier alpha value is -0.440. The normalized spacial score (nSPS) is 9.43. The largest absolute Gasteiger partial charge is 0.364 e. The number of nitrogens with one attached hydrogen (secondary N) is 1. The van der Waals surface area contributed by atoms with Gasteiger partial charge in [0.2, 0.25) is 0 Å². The van der Waals surface area contributed by atoms with E-state index in [0.29, 0.717) is 5.11 Å². The molecule has 0 aliphatic carbocycles. The molecule has 0 aromatic heterocycles. The Morgan fingerprint density at radius 1 is 1.86 bits per heavy atom. The van der Waals surface area contributed by atoms with Crippen LogP contribution >= 0.6 is 12.2 Å². The summed E-state index contributed by atoms with van der Waals surface area (Å²) < 4.78 is 0. The molecule has 0 amide bonds. The van der Waals surface area contributed by atoms with Crippen LogP contribution in [0, 0.1) is 0 Å². The molecule has 0 aliphatic heterocycles. The molecule has 7 heavy (non-hydrogen) atoms. The topological polar surface area (TPSA) is 24.4 Å². The third kappa shape index (κ3) is 3.39. The molecule has 0 atom stereocenters. The summed E-state index contributed by atoms with van der Waals surface area (Å²) in [5.41, 5.74) is 0. The number of hydrogen-bond acceptors (Lipinski definition) is 1. The molecule has 0 radical (unpaired) electrons. The van der Waals surface area contributed by atoms with Gasteiger partial charge in [-0.2, -0.15) is 0 Å². The fourth-order valence-corrected chi connectivity index (χ4v) is 0.287. The van der Waals surface area contributed by atoms with Gasteiger partial charge in [0.15, 0.2) is 5.11 Å². The van der Waals surface area contributed by atoms with E-state index in [2.05, 4.69) is 22.5 Å². The summed E-state index contributed by atoms with van der Waals surface area (Å²) >= 11 is 4.65. The average molecular weight is 116 g/mol. The molecular formula is C4H8N2S. The third-order valence-corrected chi connectivity index (χ3v) is 0.770. The SMILES string of the molecule is C/C=N\C(=S)NC. The van der Waals surface area contributed by atoms with Gasteiger partial charge in [-0.05, 0) is 19.1 Å². The van der Waals surface area contributed by atoms with Crippen molar-refractivity contribution in [3.8, 4) is 0 Å². The van der Waals surface area contributed by atoms with E-state index in [1.807, 2.05) is 6.92 Å². The predicted molar refractivity (Wildman–Crippen MR) is 35.8 cm³/mol. The minimum absolute atomic E-state index is 0.530. The zero-order valence-corrected chi connectivity index (χ0v) is 5.25. The molecule has 0 heterocycles. The molecule has 0 saturated heterocycles. The van der Waals surface area contributed by atoms with Crippen LogP contribution in [0.4, 0.5) is 0 Å². The van der Waals surface area contributed by atoms with Gasteiger partial charge in [-0.15, -0.1) is 0 Å². The number of thiocarbonyl (C=S) groups is 1. The first-order valence-electron chi connectivity index (χ1n) is 2.01. The van der Waals surface area contributed by atoms with Crippen molar-refractivity contribution in [3.05, 3.63) is 0 Å². The Bertz CT molecular complexity index is 87.7. The number of aliphatic imine (C=N–C) groups is 1. The van der Waals surface area contributed by atoms with Crippen molar-refractivity contribution >= 4 is 23.5 Å². The summed E-state index contributed by atoms with van der Waals surface area (Å²) in [6, 6.07) is 0. The number of rotatable bonds is 0. The molecule has 0 saturated carbocycles. The van der Waals surface area contributed by atoms with E-state index in [9.17, 15) is 0 Å². The van der Waals surface area contributed by atoms with Crippen molar-refractivity contribution in [1.29, 1.82) is 0 Å². The molecule has 0 fully saturated rings. The van der Waals surface area contributed by atoms with Crippen LogP contribution in [-0.4, -0.2) is 18.4 Å². The van der Waals surface area contributed by atoms with Crippen LogP contribution in [0.15, 0.2) is 4.99 Å². The van der Waals surface area contributed by atoms with Crippen molar-refractivity contribution in [3.63, 3.8) is 0 Å². The molecule has 3 heteroatoms. The smallest absolute Gasteiger partial charge is 0.192 e. The van der Waals surface area contributed by atoms with Crippen molar-refractivity contribution < 1.29 is 0 Å². The first kappa shape index (κ1) is 6.56. The van der Waals surface area contributed by atoms with Crippen LogP contribution in [0.5, 0.6) is 0 Å². The molecule has 0 aromatic carbocycles. The van der Waals surface area contributed by atoms with E-state index in [4.69, 9.17) is 0 Å². The Kier molecular flexibility index (Phi) is 3.50. The fraction of sp³-hybridized carbons (Fsp3) is 0.500. The average Bonchev–Trinajstić information content (AvgIpc) is 1.68. The van der Waals surface area contributed by atoms with Gasteiger partial charge in [-0.25, -0.2) is 4.99 Å². The summed E-state index contributed by atoms with van der Waals surface area (Å²) in [7, 11) is 1.75. The first-order valence-corrected chi connectivity index (χ1v) is 2.42. The maximum absolute atomic E-state index is 4.65. The Balaban J connectivity index is 3.37. The van der Waals surface area contributed by atoms with Crippen LogP contribution in [0.3, 0.4) is 0 Å². The lowest BCUT2D eigenvalue weighted by Crippen LogP contribution is -2.11. The first-order chi connectivity index (χ1) is 3.31. The lowest BCUT2D eigenvalue weighted by Gasteiger charge is -1.88. The molecule has 40 valence electrons. The van der Waals surface area contributed by atoms with Gasteiger partial charge in [-0.3, -0.25) is 0 Å². The molecule has 0 unspecified atom stereocenters. The van der Waals surface area contributed by atoms with Gasteiger partial charge in [0.25, 0.3) is 0 Å². The second kappa shape index (κ2) is 3.74. The Morgan fingerprint density at radius 3 is 2.57 bits per heavy atom. The Morgan fingerprint density at radius 2 is 2.43 bits per heavy atom. The zero-order valence-electron chi connectivity index (χ0n) is 4.43. The lowest BCUT2D eigenvalue weighted by atomic mass is 10.9. The molecule has 0 aromatic rings. The van der Waals surface area contributed by atoms with Crippen LogP contribution in [-0.2, 0) is 0 Å². The quantitative estimate of drug-likeness (QED) is 0.370. The van der Waals surface area contributed by atoms with E-state index in [1.165, 1.54) is 0 Å². The zero-order chi connectivity index (χ0) is 5.70. The predicted octanol–water partition coefficient (Wildman–Crippen LogP) is 0.581. The standard InChI is InChI=1S/C4H8N2S/c1-3-6-4(7)5-2/h3H,1-2H3,(H,5,7)/b6-3-. The summed E-state index contributed by atoms with van der Waals surface area (Å²) in [5, 5.41) is 3.23. The third-order valence-electron chi connectivity index (χ3n) is 0.460. The highest BCUT2D eigenvalue weighted by Gasteiger charge is 1.76. The molecular weight excluding hydrogens is 108 g/mol. The molecule has 1 N–H and O–H groups in total. The highest BCUT2D eigenvalue weighted by atomic mass is 32.1. The van der Waals surface area contributed by atoms with Gasteiger partial charge in [-0.1, -0.05) is 0 Å². The van der Waals surface area contributed by atoms with E-state index >= 15 is 0 Å². The summed E-state index contributed by atoms with van der Waals surface area (Å²) in [4.78, 5) is 3.74. The van der Waals surface area contributed by atoms with Crippen molar-refractivity contribution in [1.82, 2.24) is 5.32 Å². The van der Waals surface area contributed by atoms with Crippen molar-refractivity contribution in [2.24, 2.45) is 4.99 Å². The molecule has 0 aliphatic rings. The molecule has 0 spiro atoms. The second-order valence-corrected chi connectivity index (χ2v) is 1.33. The summed E-state index contributed by atoms with van der Waals surface area (Å²) in [6.07, 6.45) is 1.65. The second-order valence-electron chi connectivity index (χ2n) is 0.942. The molecule has 0 rings (SSSR count). The van der Waals surface area contributed by atoms with Gasteiger partial charge in [0.1, 0.15) is 0 Å². The van der Waals surface area contributed by atoms with Gasteiger partial charge in [0, 0.05) is 13.3 Å². The summed E-state index contributed by atoms with van der Waals surface area (Å²) in [5.74, 6) is 0. The maximum atomic E-state index is 4.65. The minimum Gasteiger partial charge on any atom is -0.364 e. The highest BCUT2D eigenvalue weighted by Crippen LogP contribution is 1.67. The molecule has 2 nitrogen and oxygen atoms in total. The van der Waals surface area contributed by atoms with Crippen LogP contribution < -0.4 is 5.32 Å². The highest BCUT2D eigenvalue weighted by molar-refractivity contribution is 7.80. The van der Waals surface area contributed by atoms with E-state index in [0.717, 1.165) is 0 Å². The summed E-state index contributed by atoms with van der Waals surface area (Å²) in [6.45, 7) is 1.82. The fourth-order valence-electron chi connectivity index (χ4n) is 0.182. The molecule has 0 bridgehead atoms. The van der Waals surface area contributed by atoms with Crippen LogP contribution in [0.1, 0.15) is 6.92 Å². The van der Waals surface area contributed by atoms with E-state index in [1.54, 1.807) is 13.3 Å². The van der Waals surface area contributed by atoms with Gasteiger partial charge in [0.05, 0.1) is 0 Å². The minimum atomic E-state index is 0.530. The van der Waals surface area contributed by atoms with E-state index < -0.39 is 0 Å². The number of hydrogen-bond donors (Lipinski definition) is 1. The number of nitrogens with zero attached hydrogens (tertiary/aromatic N) is 1. The lowest BCUT2D eigenvalue weighted by molar-refractivity contribution is 1.18. The van der Waals surface area contributed by atoms with Crippen LogP contribution in [0.25, 0.3) is 0 Å². The van der Waals surface area contributed by atoms with E-state index in [-0.39, 0.29) is 0 Å². The van der Waals surface area contributed by atoms with Crippen molar-refractivity contribution in [2.45, 2.75) is 6.92 Å². The maximum Gasteiger partial charge on any atom is 0.192 e. The monoisotopic (exact) mass is 116 g/mol. The Labute approximate surface area is 48.6 Å².